The van der Waals surface area contributed by atoms with Gasteiger partial charge in [-0.25, -0.2) is 9.59 Å². The quantitative estimate of drug-likeness (QED) is 0.241. The van der Waals surface area contributed by atoms with Gasteiger partial charge in [0.1, 0.15) is 24.4 Å². The normalized spacial score (nSPS) is 37.8. The molecule has 2 saturated heterocycles. The fraction of sp³-hybridized carbons (Fsp3) is 0.591. The van der Waals surface area contributed by atoms with E-state index in [4.69, 9.17) is 18.9 Å². The van der Waals surface area contributed by atoms with Gasteiger partial charge in [0.15, 0.2) is 0 Å². The zero-order valence-electron chi connectivity index (χ0n) is 17.7. The molecular weight excluding hydrogens is 392 g/mol. The van der Waals surface area contributed by atoms with Crippen molar-refractivity contribution in [2.75, 3.05) is 6.61 Å². The summed E-state index contributed by atoms with van der Waals surface area (Å²) >= 11 is 0. The Labute approximate surface area is 175 Å². The molecule has 8 nitrogen and oxygen atoms in total. The highest BCUT2D eigenvalue weighted by Gasteiger charge is 2.61. The summed E-state index contributed by atoms with van der Waals surface area (Å²) in [6, 6.07) is 0. The van der Waals surface area contributed by atoms with Crippen molar-refractivity contribution in [3.05, 3.63) is 35.5 Å². The first-order valence-electron chi connectivity index (χ1n) is 9.99. The minimum Gasteiger partial charge on any atom is -0.463 e. The molecule has 3 rings (SSSR count). The third-order valence-electron chi connectivity index (χ3n) is 6.04. The summed E-state index contributed by atoms with van der Waals surface area (Å²) in [6.45, 7) is 10.2. The van der Waals surface area contributed by atoms with Gasteiger partial charge in [0.05, 0.1) is 18.1 Å². The van der Waals surface area contributed by atoms with E-state index in [2.05, 4.69) is 6.58 Å². The van der Waals surface area contributed by atoms with Gasteiger partial charge in [-0.2, -0.15) is 0 Å². The number of esters is 3. The maximum Gasteiger partial charge on any atom is 0.334 e. The topological polar surface area (TPSA) is 112 Å². The van der Waals surface area contributed by atoms with Crippen molar-refractivity contribution in [2.45, 2.75) is 70.6 Å². The zero-order chi connectivity index (χ0) is 22.2. The zero-order valence-corrected chi connectivity index (χ0v) is 17.7. The predicted octanol–water partition coefficient (Wildman–Crippen LogP) is 1.76. The third-order valence-corrected chi connectivity index (χ3v) is 6.04. The molecule has 0 aromatic carbocycles. The van der Waals surface area contributed by atoms with E-state index in [1.165, 1.54) is 6.92 Å². The molecule has 0 spiro atoms. The first kappa shape index (κ1) is 22.2. The molecule has 164 valence electrons. The van der Waals surface area contributed by atoms with Gasteiger partial charge in [-0.3, -0.25) is 4.79 Å². The van der Waals surface area contributed by atoms with Crippen molar-refractivity contribution in [1.29, 1.82) is 0 Å². The monoisotopic (exact) mass is 420 g/mol. The minimum absolute atomic E-state index is 0.0439. The molecule has 8 heteroatoms. The lowest BCUT2D eigenvalue weighted by molar-refractivity contribution is -0.151. The van der Waals surface area contributed by atoms with Gasteiger partial charge in [-0.05, 0) is 32.4 Å². The molecule has 0 aromatic rings. The molecule has 0 aromatic heterocycles. The predicted molar refractivity (Wildman–Crippen MR) is 105 cm³/mol. The van der Waals surface area contributed by atoms with Crippen LogP contribution in [0.2, 0.25) is 0 Å². The lowest BCUT2D eigenvalue weighted by Crippen LogP contribution is -2.40. The lowest BCUT2D eigenvalue weighted by Gasteiger charge is -2.30. The van der Waals surface area contributed by atoms with Crippen LogP contribution in [0, 0.1) is 5.92 Å². The van der Waals surface area contributed by atoms with Gasteiger partial charge in [0.25, 0.3) is 0 Å². The van der Waals surface area contributed by atoms with Crippen LogP contribution < -0.4 is 0 Å². The molecule has 2 heterocycles. The number of ether oxygens (including phenoxy) is 4. The SMILES string of the molecule is C=C1C(=O)O[C@H]2/C=C(/C)[C@@H](O)C[C@H]3O[C@]3(COC(C)=O)C[C@@H](OC(=O)/C(C)=C\C)[C@@H]12. The Morgan fingerprint density at radius 3 is 2.73 bits per heavy atom. The summed E-state index contributed by atoms with van der Waals surface area (Å²) in [5, 5.41) is 10.5. The van der Waals surface area contributed by atoms with Crippen LogP contribution in [0.4, 0.5) is 0 Å². The van der Waals surface area contributed by atoms with Crippen molar-refractivity contribution in [3.8, 4) is 0 Å². The molecule has 0 saturated carbocycles. The van der Waals surface area contributed by atoms with Crippen molar-refractivity contribution < 1.29 is 38.4 Å². The number of allylic oxidation sites excluding steroid dienone is 1. The molecule has 2 aliphatic heterocycles. The molecule has 1 aliphatic carbocycles. The minimum atomic E-state index is -0.921. The summed E-state index contributed by atoms with van der Waals surface area (Å²) < 4.78 is 22.3. The summed E-state index contributed by atoms with van der Waals surface area (Å²) in [4.78, 5) is 36.2. The Morgan fingerprint density at radius 2 is 2.10 bits per heavy atom. The number of hydrogen-bond acceptors (Lipinski definition) is 8. The van der Waals surface area contributed by atoms with E-state index < -0.39 is 47.7 Å². The Hall–Kier alpha value is -2.45. The number of rotatable bonds is 4. The molecule has 0 amide bonds. The standard InChI is InChI=1S/C22H28O8/c1-6-11(2)20(25)29-17-9-22(10-27-14(5)23)18(30-22)8-15(24)12(3)7-16-19(17)13(4)21(26)28-16/h6-7,15-19,24H,4,8-10H2,1-3,5H3/b11-6-,12-7-/t15-,16-,17+,18+,19-,22-/m0/s1. The lowest BCUT2D eigenvalue weighted by atomic mass is 9.81. The summed E-state index contributed by atoms with van der Waals surface area (Å²) in [7, 11) is 0. The van der Waals surface area contributed by atoms with Crippen molar-refractivity contribution in [1.82, 2.24) is 0 Å². The summed E-state index contributed by atoms with van der Waals surface area (Å²) in [5.41, 5.74) is 0.301. The van der Waals surface area contributed by atoms with Gasteiger partial charge < -0.3 is 24.1 Å². The van der Waals surface area contributed by atoms with Crippen molar-refractivity contribution in [2.24, 2.45) is 5.92 Å². The fourth-order valence-electron chi connectivity index (χ4n) is 3.97. The van der Waals surface area contributed by atoms with Crippen LogP contribution in [0.3, 0.4) is 0 Å². The number of carbonyl (C=O) groups excluding carboxylic acids is 3. The maximum absolute atomic E-state index is 12.6. The highest BCUT2D eigenvalue weighted by Crippen LogP contribution is 2.48. The number of carbonyl (C=O) groups is 3. The van der Waals surface area contributed by atoms with E-state index in [1.54, 1.807) is 32.9 Å². The van der Waals surface area contributed by atoms with Gasteiger partial charge in [0, 0.05) is 30.9 Å². The van der Waals surface area contributed by atoms with E-state index in [0.29, 0.717) is 11.1 Å². The van der Waals surface area contributed by atoms with Gasteiger partial charge in [-0.1, -0.05) is 12.7 Å². The first-order chi connectivity index (χ1) is 14.1. The maximum atomic E-state index is 12.6. The number of fused-ring (bicyclic) bond motifs is 2. The van der Waals surface area contributed by atoms with Crippen LogP contribution in [0.15, 0.2) is 35.5 Å². The molecule has 0 unspecified atom stereocenters. The van der Waals surface area contributed by atoms with Crippen LogP contribution in [-0.4, -0.2) is 59.6 Å². The Balaban J connectivity index is 2.00. The summed E-state index contributed by atoms with van der Waals surface area (Å²) in [6.07, 6.45) is 1.04. The summed E-state index contributed by atoms with van der Waals surface area (Å²) in [5.74, 6) is -2.21. The molecule has 30 heavy (non-hydrogen) atoms. The number of aliphatic hydroxyl groups is 1. The molecule has 6 atom stereocenters. The third kappa shape index (κ3) is 4.34. The van der Waals surface area contributed by atoms with Gasteiger partial charge in [0.2, 0.25) is 0 Å². The average Bonchev–Trinajstić information content (AvgIpc) is 3.27. The number of aliphatic hydroxyl groups excluding tert-OH is 1. The largest absolute Gasteiger partial charge is 0.463 e. The van der Waals surface area contributed by atoms with Gasteiger partial charge in [-0.15, -0.1) is 0 Å². The second-order valence-electron chi connectivity index (χ2n) is 8.15. The average molecular weight is 420 g/mol. The van der Waals surface area contributed by atoms with E-state index in [-0.39, 0.29) is 31.1 Å². The Bertz CT molecular complexity index is 825. The Kier molecular flexibility index (Phi) is 6.19. The molecular formula is C22H28O8. The van der Waals surface area contributed by atoms with Crippen molar-refractivity contribution in [3.63, 3.8) is 0 Å². The van der Waals surface area contributed by atoms with E-state index in [9.17, 15) is 19.5 Å². The van der Waals surface area contributed by atoms with Crippen LogP contribution in [0.1, 0.15) is 40.5 Å². The first-order valence-corrected chi connectivity index (χ1v) is 9.99. The van der Waals surface area contributed by atoms with Gasteiger partial charge >= 0.3 is 17.9 Å². The molecule has 0 bridgehead atoms. The Morgan fingerprint density at radius 1 is 1.40 bits per heavy atom. The van der Waals surface area contributed by atoms with E-state index >= 15 is 0 Å². The number of epoxide rings is 1. The second-order valence-corrected chi connectivity index (χ2v) is 8.15. The smallest absolute Gasteiger partial charge is 0.334 e. The number of hydrogen-bond donors (Lipinski definition) is 1. The van der Waals surface area contributed by atoms with Crippen LogP contribution in [0.5, 0.6) is 0 Å². The van der Waals surface area contributed by atoms with E-state index in [1.807, 2.05) is 0 Å². The highest BCUT2D eigenvalue weighted by molar-refractivity contribution is 5.92. The van der Waals surface area contributed by atoms with E-state index in [0.717, 1.165) is 0 Å². The molecule has 3 aliphatic rings. The molecule has 1 N–H and O–H groups in total. The van der Waals surface area contributed by atoms with Crippen LogP contribution in [0.25, 0.3) is 0 Å². The van der Waals surface area contributed by atoms with Crippen LogP contribution >= 0.6 is 0 Å². The highest BCUT2D eigenvalue weighted by atomic mass is 16.6. The fourth-order valence-corrected chi connectivity index (χ4v) is 3.97. The van der Waals surface area contributed by atoms with Crippen LogP contribution in [-0.2, 0) is 33.3 Å². The van der Waals surface area contributed by atoms with Crippen molar-refractivity contribution >= 4 is 17.9 Å². The molecule has 0 radical (unpaired) electrons. The second kappa shape index (κ2) is 8.35. The molecule has 2 fully saturated rings.